The Bertz CT molecular complexity index is 153. The Labute approximate surface area is 57.0 Å². The molecule has 2 aliphatic carbocycles. The molecule has 0 aromatic carbocycles. The molecule has 0 aliphatic heterocycles. The highest BCUT2D eigenvalue weighted by atomic mass is 14.4. The van der Waals surface area contributed by atoms with Crippen LogP contribution in [0.25, 0.3) is 0 Å². The average Bonchev–Trinajstić information content (AvgIpc) is 2.64. The molecule has 50 valence electrons. The molecule has 1 fully saturated rings. The molecule has 1 atom stereocenters. The summed E-state index contributed by atoms with van der Waals surface area (Å²) in [6.07, 6.45) is 7.17. The summed E-state index contributed by atoms with van der Waals surface area (Å²) in [5.74, 6) is 1.06. The van der Waals surface area contributed by atoms with Crippen molar-refractivity contribution in [2.75, 3.05) is 0 Å². The van der Waals surface area contributed by atoms with Crippen molar-refractivity contribution in [2.45, 2.75) is 39.0 Å². The number of hydrogen-bond acceptors (Lipinski definition) is 0. The fourth-order valence-electron chi connectivity index (χ4n) is 2.04. The van der Waals surface area contributed by atoms with Gasteiger partial charge < -0.3 is 0 Å². The van der Waals surface area contributed by atoms with Gasteiger partial charge in [0.1, 0.15) is 0 Å². The van der Waals surface area contributed by atoms with Crippen molar-refractivity contribution in [3.8, 4) is 0 Å². The van der Waals surface area contributed by atoms with Crippen molar-refractivity contribution in [1.82, 2.24) is 0 Å². The quantitative estimate of drug-likeness (QED) is 0.469. The third kappa shape index (κ3) is 0.810. The first-order chi connectivity index (χ1) is 4.42. The largest absolute Gasteiger partial charge is 0.0710 e. The minimum atomic E-state index is 1.06. The second kappa shape index (κ2) is 1.86. The van der Waals surface area contributed by atoms with Crippen LogP contribution in [0, 0.1) is 5.92 Å². The molecule has 0 saturated heterocycles. The molecule has 2 aliphatic rings. The van der Waals surface area contributed by atoms with Gasteiger partial charge in [-0.2, -0.15) is 0 Å². The average molecular weight is 122 g/mol. The number of hydrogen-bond donors (Lipinski definition) is 0. The lowest BCUT2D eigenvalue weighted by Crippen LogP contribution is -1.90. The smallest absolute Gasteiger partial charge is 0.0163 e. The standard InChI is InChI=1S/C9H14/c1-2-7-4-3-5-8-6-9(7)8/h8H,2-6H2,1H3. The highest BCUT2D eigenvalue weighted by Crippen LogP contribution is 2.49. The lowest BCUT2D eigenvalue weighted by molar-refractivity contribution is 0.643. The van der Waals surface area contributed by atoms with Gasteiger partial charge in [-0.05, 0) is 38.0 Å². The predicted octanol–water partition coefficient (Wildman–Crippen LogP) is 2.90. The second-order valence-corrected chi connectivity index (χ2v) is 3.28. The SMILES string of the molecule is CCC1=C2CC2CCC1. The summed E-state index contributed by atoms with van der Waals surface area (Å²) in [5.41, 5.74) is 3.63. The van der Waals surface area contributed by atoms with E-state index in [2.05, 4.69) is 6.92 Å². The summed E-state index contributed by atoms with van der Waals surface area (Å²) >= 11 is 0. The zero-order valence-corrected chi connectivity index (χ0v) is 6.11. The summed E-state index contributed by atoms with van der Waals surface area (Å²) in [7, 11) is 0. The fraction of sp³-hybridized carbons (Fsp3) is 0.778. The molecule has 0 heteroatoms. The maximum Gasteiger partial charge on any atom is -0.0163 e. The molecule has 1 unspecified atom stereocenters. The fourth-order valence-corrected chi connectivity index (χ4v) is 2.04. The van der Waals surface area contributed by atoms with E-state index in [1.54, 1.807) is 5.57 Å². The molecule has 2 rings (SSSR count). The number of fused-ring (bicyclic) bond motifs is 1. The molecular formula is C9H14. The van der Waals surface area contributed by atoms with Crippen molar-refractivity contribution < 1.29 is 0 Å². The van der Waals surface area contributed by atoms with Crippen LogP contribution in [-0.4, -0.2) is 0 Å². The van der Waals surface area contributed by atoms with E-state index in [1.807, 2.05) is 5.57 Å². The minimum Gasteiger partial charge on any atom is -0.0710 e. The lowest BCUT2D eigenvalue weighted by Gasteiger charge is -2.08. The summed E-state index contributed by atoms with van der Waals surface area (Å²) in [5, 5.41) is 0. The third-order valence-corrected chi connectivity index (χ3v) is 2.71. The van der Waals surface area contributed by atoms with E-state index < -0.39 is 0 Å². The van der Waals surface area contributed by atoms with Gasteiger partial charge in [0.05, 0.1) is 0 Å². The third-order valence-electron chi connectivity index (χ3n) is 2.71. The topological polar surface area (TPSA) is 0 Å². The van der Waals surface area contributed by atoms with Crippen LogP contribution >= 0.6 is 0 Å². The van der Waals surface area contributed by atoms with Gasteiger partial charge in [0.2, 0.25) is 0 Å². The van der Waals surface area contributed by atoms with Crippen LogP contribution < -0.4 is 0 Å². The van der Waals surface area contributed by atoms with Crippen molar-refractivity contribution in [3.63, 3.8) is 0 Å². The molecule has 0 radical (unpaired) electrons. The predicted molar refractivity (Wildman–Crippen MR) is 39.3 cm³/mol. The zero-order valence-electron chi connectivity index (χ0n) is 6.11. The first kappa shape index (κ1) is 5.52. The summed E-state index contributed by atoms with van der Waals surface area (Å²) < 4.78 is 0. The van der Waals surface area contributed by atoms with E-state index in [1.165, 1.54) is 32.1 Å². The maximum atomic E-state index is 2.29. The molecule has 0 heterocycles. The van der Waals surface area contributed by atoms with Gasteiger partial charge in [-0.3, -0.25) is 0 Å². The molecule has 0 nitrogen and oxygen atoms in total. The van der Waals surface area contributed by atoms with Gasteiger partial charge in [-0.1, -0.05) is 18.1 Å². The van der Waals surface area contributed by atoms with E-state index >= 15 is 0 Å². The van der Waals surface area contributed by atoms with Crippen LogP contribution in [0.3, 0.4) is 0 Å². The lowest BCUT2D eigenvalue weighted by atomic mass is 9.98. The molecule has 0 N–H and O–H groups in total. The van der Waals surface area contributed by atoms with Gasteiger partial charge in [-0.25, -0.2) is 0 Å². The molecule has 1 saturated carbocycles. The van der Waals surface area contributed by atoms with Crippen LogP contribution in [-0.2, 0) is 0 Å². The van der Waals surface area contributed by atoms with E-state index in [0.29, 0.717) is 0 Å². The molecular weight excluding hydrogens is 108 g/mol. The Morgan fingerprint density at radius 1 is 1.56 bits per heavy atom. The number of allylic oxidation sites excluding steroid dienone is 2. The van der Waals surface area contributed by atoms with Crippen molar-refractivity contribution >= 4 is 0 Å². The van der Waals surface area contributed by atoms with Crippen molar-refractivity contribution in [1.29, 1.82) is 0 Å². The Morgan fingerprint density at radius 2 is 2.44 bits per heavy atom. The van der Waals surface area contributed by atoms with Crippen LogP contribution in [0.5, 0.6) is 0 Å². The minimum absolute atomic E-state index is 1.06. The van der Waals surface area contributed by atoms with Gasteiger partial charge in [0.15, 0.2) is 0 Å². The summed E-state index contributed by atoms with van der Waals surface area (Å²) in [6.45, 7) is 2.29. The van der Waals surface area contributed by atoms with Crippen LogP contribution in [0.2, 0.25) is 0 Å². The Morgan fingerprint density at radius 3 is 3.11 bits per heavy atom. The molecule has 9 heavy (non-hydrogen) atoms. The molecule has 0 aromatic rings. The van der Waals surface area contributed by atoms with E-state index in [0.717, 1.165) is 5.92 Å². The van der Waals surface area contributed by atoms with Gasteiger partial charge in [-0.15, -0.1) is 0 Å². The van der Waals surface area contributed by atoms with Gasteiger partial charge in [0, 0.05) is 0 Å². The van der Waals surface area contributed by atoms with Crippen molar-refractivity contribution in [3.05, 3.63) is 11.1 Å². The molecule has 0 spiro atoms. The number of rotatable bonds is 1. The van der Waals surface area contributed by atoms with Crippen LogP contribution in [0.1, 0.15) is 39.0 Å². The normalized spacial score (nSPS) is 32.3. The summed E-state index contributed by atoms with van der Waals surface area (Å²) in [4.78, 5) is 0. The first-order valence-corrected chi connectivity index (χ1v) is 4.12. The summed E-state index contributed by atoms with van der Waals surface area (Å²) in [6, 6.07) is 0. The zero-order chi connectivity index (χ0) is 6.27. The molecule has 0 aromatic heterocycles. The van der Waals surface area contributed by atoms with Crippen LogP contribution in [0.15, 0.2) is 11.1 Å². The first-order valence-electron chi connectivity index (χ1n) is 4.12. The van der Waals surface area contributed by atoms with Crippen LogP contribution in [0.4, 0.5) is 0 Å². The Balaban J connectivity index is 2.17. The highest BCUT2D eigenvalue weighted by Gasteiger charge is 2.33. The highest BCUT2D eigenvalue weighted by molar-refractivity contribution is 5.32. The van der Waals surface area contributed by atoms with Crippen molar-refractivity contribution in [2.24, 2.45) is 5.92 Å². The van der Waals surface area contributed by atoms with Gasteiger partial charge >= 0.3 is 0 Å². The second-order valence-electron chi connectivity index (χ2n) is 3.28. The monoisotopic (exact) mass is 122 g/mol. The van der Waals surface area contributed by atoms with E-state index in [4.69, 9.17) is 0 Å². The Hall–Kier alpha value is -0.260. The van der Waals surface area contributed by atoms with Gasteiger partial charge in [0.25, 0.3) is 0 Å². The van der Waals surface area contributed by atoms with E-state index in [9.17, 15) is 0 Å². The van der Waals surface area contributed by atoms with E-state index in [-0.39, 0.29) is 0 Å². The molecule has 0 amide bonds. The molecule has 0 bridgehead atoms. The maximum absolute atomic E-state index is 2.29. The Kier molecular flexibility index (Phi) is 1.14.